The van der Waals surface area contributed by atoms with Gasteiger partial charge in [-0.05, 0) is 32.0 Å². The molecule has 0 radical (unpaired) electrons. The van der Waals surface area contributed by atoms with Gasteiger partial charge in [-0.1, -0.05) is 29.8 Å². The first-order valence-corrected chi connectivity index (χ1v) is 7.78. The highest BCUT2D eigenvalue weighted by Crippen LogP contribution is 2.30. The van der Waals surface area contributed by atoms with Gasteiger partial charge in [0.15, 0.2) is 11.4 Å². The third-order valence-electron chi connectivity index (χ3n) is 3.94. The van der Waals surface area contributed by atoms with Crippen molar-refractivity contribution >= 4 is 5.69 Å². The lowest BCUT2D eigenvalue weighted by atomic mass is 10.2. The van der Waals surface area contributed by atoms with Crippen LogP contribution in [0, 0.1) is 6.92 Å². The average Bonchev–Trinajstić information content (AvgIpc) is 2.53. The summed E-state index contributed by atoms with van der Waals surface area (Å²) in [6.07, 6.45) is 0. The number of nitrogens with zero attached hydrogens (tertiary/aromatic N) is 1. The summed E-state index contributed by atoms with van der Waals surface area (Å²) in [5.74, 6) is 1.81. The van der Waals surface area contributed by atoms with Gasteiger partial charge in [0.1, 0.15) is 19.0 Å². The van der Waals surface area contributed by atoms with Gasteiger partial charge in [-0.2, -0.15) is 0 Å². The Labute approximate surface area is 133 Å². The number of benzene rings is 2. The quantitative estimate of drug-likeness (QED) is 0.567. The standard InChI is InChI=1S/C19H26NO2/c1-5-20(3,4)18-8-6-7-9-19(18)22-15-14-21-17-12-10-16(2)11-13-17/h6-13H,5,14-15H2,1-4H3/q+1. The molecule has 0 aliphatic carbocycles. The van der Waals surface area contributed by atoms with E-state index < -0.39 is 0 Å². The van der Waals surface area contributed by atoms with Gasteiger partial charge in [0.2, 0.25) is 0 Å². The van der Waals surface area contributed by atoms with Crippen LogP contribution in [0.3, 0.4) is 0 Å². The maximum absolute atomic E-state index is 5.93. The minimum absolute atomic E-state index is 0.536. The Hall–Kier alpha value is -2.00. The lowest BCUT2D eigenvalue weighted by Gasteiger charge is -2.29. The van der Waals surface area contributed by atoms with Gasteiger partial charge in [0.05, 0.1) is 20.6 Å². The lowest BCUT2D eigenvalue weighted by Crippen LogP contribution is -2.40. The molecule has 2 aromatic carbocycles. The van der Waals surface area contributed by atoms with Crippen molar-refractivity contribution in [3.8, 4) is 11.5 Å². The monoisotopic (exact) mass is 300 g/mol. The summed E-state index contributed by atoms with van der Waals surface area (Å²) in [4.78, 5) is 0. The Morgan fingerprint density at radius 2 is 1.50 bits per heavy atom. The fraction of sp³-hybridized carbons (Fsp3) is 0.368. The Morgan fingerprint density at radius 3 is 2.18 bits per heavy atom. The number of hydrogen-bond acceptors (Lipinski definition) is 2. The van der Waals surface area contributed by atoms with Crippen LogP contribution in [0.25, 0.3) is 0 Å². The van der Waals surface area contributed by atoms with Crippen LogP contribution in [-0.4, -0.2) is 33.9 Å². The van der Waals surface area contributed by atoms with Crippen molar-refractivity contribution in [1.82, 2.24) is 4.48 Å². The Bertz CT molecular complexity index is 591. The maximum atomic E-state index is 5.93. The normalized spacial score (nSPS) is 11.3. The van der Waals surface area contributed by atoms with Gasteiger partial charge in [-0.15, -0.1) is 0 Å². The van der Waals surface area contributed by atoms with Gasteiger partial charge in [-0.3, -0.25) is 4.48 Å². The van der Waals surface area contributed by atoms with Gasteiger partial charge < -0.3 is 9.47 Å². The second-order valence-corrected chi connectivity index (χ2v) is 5.98. The Morgan fingerprint density at radius 1 is 0.864 bits per heavy atom. The van der Waals surface area contributed by atoms with E-state index in [4.69, 9.17) is 9.47 Å². The summed E-state index contributed by atoms with van der Waals surface area (Å²) in [6, 6.07) is 16.3. The summed E-state index contributed by atoms with van der Waals surface area (Å²) < 4.78 is 12.4. The van der Waals surface area contributed by atoms with Gasteiger partial charge in [0, 0.05) is 6.07 Å². The van der Waals surface area contributed by atoms with Gasteiger partial charge >= 0.3 is 0 Å². The first kappa shape index (κ1) is 16.4. The molecule has 0 aliphatic rings. The van der Waals surface area contributed by atoms with E-state index in [2.05, 4.69) is 40.1 Å². The lowest BCUT2D eigenvalue weighted by molar-refractivity contribution is 0.214. The van der Waals surface area contributed by atoms with E-state index in [-0.39, 0.29) is 0 Å². The van der Waals surface area contributed by atoms with Gasteiger partial charge in [-0.25, -0.2) is 0 Å². The molecular formula is C19H26NO2+. The molecule has 3 heteroatoms. The van der Waals surface area contributed by atoms with E-state index in [1.165, 1.54) is 11.3 Å². The number of para-hydroxylation sites is 2. The first-order chi connectivity index (χ1) is 10.5. The molecule has 0 bridgehead atoms. The summed E-state index contributed by atoms with van der Waals surface area (Å²) in [7, 11) is 4.37. The van der Waals surface area contributed by atoms with Crippen molar-refractivity contribution in [3.05, 3.63) is 54.1 Å². The zero-order chi connectivity index (χ0) is 16.0. The van der Waals surface area contributed by atoms with Crippen LogP contribution in [0.15, 0.2) is 48.5 Å². The topological polar surface area (TPSA) is 18.5 Å². The molecule has 0 fully saturated rings. The van der Waals surface area contributed by atoms with Crippen LogP contribution in [-0.2, 0) is 0 Å². The van der Waals surface area contributed by atoms with Crippen LogP contribution in [0.5, 0.6) is 11.5 Å². The largest absolute Gasteiger partial charge is 0.490 e. The average molecular weight is 300 g/mol. The third-order valence-corrected chi connectivity index (χ3v) is 3.94. The molecule has 2 rings (SSSR count). The molecule has 0 heterocycles. The molecule has 0 saturated carbocycles. The van der Waals surface area contributed by atoms with E-state index in [1.54, 1.807) is 0 Å². The molecule has 0 aromatic heterocycles. The fourth-order valence-corrected chi connectivity index (χ4v) is 2.20. The highest BCUT2D eigenvalue weighted by Gasteiger charge is 2.21. The number of ether oxygens (including phenoxy) is 2. The van der Waals surface area contributed by atoms with Crippen molar-refractivity contribution in [2.24, 2.45) is 0 Å². The summed E-state index contributed by atoms with van der Waals surface area (Å²) in [5.41, 5.74) is 2.43. The summed E-state index contributed by atoms with van der Waals surface area (Å²) in [5, 5.41) is 0. The predicted octanol–water partition coefficient (Wildman–Crippen LogP) is 4.04. The van der Waals surface area contributed by atoms with Crippen molar-refractivity contribution in [3.63, 3.8) is 0 Å². The molecule has 0 N–H and O–H groups in total. The van der Waals surface area contributed by atoms with Crippen LogP contribution in [0.4, 0.5) is 5.69 Å². The van der Waals surface area contributed by atoms with Crippen molar-refractivity contribution in [1.29, 1.82) is 0 Å². The molecule has 118 valence electrons. The maximum Gasteiger partial charge on any atom is 0.180 e. The number of hydrogen-bond donors (Lipinski definition) is 0. The number of aryl methyl sites for hydroxylation is 1. The van der Waals surface area contributed by atoms with Crippen LogP contribution >= 0.6 is 0 Å². The zero-order valence-corrected chi connectivity index (χ0v) is 14.0. The Kier molecular flexibility index (Phi) is 5.45. The second kappa shape index (κ2) is 7.32. The molecule has 0 saturated heterocycles. The molecule has 0 spiro atoms. The summed E-state index contributed by atoms with van der Waals surface area (Å²) in [6.45, 7) is 6.33. The number of rotatable bonds is 7. The Balaban J connectivity index is 1.91. The fourth-order valence-electron chi connectivity index (χ4n) is 2.20. The minimum Gasteiger partial charge on any atom is -0.490 e. The molecule has 0 aliphatic heterocycles. The SMILES string of the molecule is CC[N+](C)(C)c1ccccc1OCCOc1ccc(C)cc1. The van der Waals surface area contributed by atoms with Crippen LogP contribution in [0.2, 0.25) is 0 Å². The highest BCUT2D eigenvalue weighted by atomic mass is 16.5. The van der Waals surface area contributed by atoms with Crippen LogP contribution < -0.4 is 14.0 Å². The van der Waals surface area contributed by atoms with E-state index in [0.717, 1.165) is 22.5 Å². The second-order valence-electron chi connectivity index (χ2n) is 5.98. The highest BCUT2D eigenvalue weighted by molar-refractivity contribution is 5.54. The van der Waals surface area contributed by atoms with Crippen molar-refractivity contribution in [2.45, 2.75) is 13.8 Å². The van der Waals surface area contributed by atoms with E-state index in [0.29, 0.717) is 13.2 Å². The van der Waals surface area contributed by atoms with E-state index in [1.807, 2.05) is 36.4 Å². The van der Waals surface area contributed by atoms with E-state index in [9.17, 15) is 0 Å². The van der Waals surface area contributed by atoms with Crippen molar-refractivity contribution < 1.29 is 9.47 Å². The molecule has 2 aromatic rings. The summed E-state index contributed by atoms with van der Waals surface area (Å²) >= 11 is 0. The molecule has 0 unspecified atom stereocenters. The minimum atomic E-state index is 0.536. The molecular weight excluding hydrogens is 274 g/mol. The molecule has 0 atom stereocenters. The van der Waals surface area contributed by atoms with Crippen molar-refractivity contribution in [2.75, 3.05) is 33.9 Å². The predicted molar refractivity (Wildman–Crippen MR) is 92.8 cm³/mol. The molecule has 0 amide bonds. The first-order valence-electron chi connectivity index (χ1n) is 7.78. The van der Waals surface area contributed by atoms with Gasteiger partial charge in [0.25, 0.3) is 0 Å². The van der Waals surface area contributed by atoms with Crippen LogP contribution in [0.1, 0.15) is 12.5 Å². The zero-order valence-electron chi connectivity index (χ0n) is 14.0. The molecule has 22 heavy (non-hydrogen) atoms. The third kappa shape index (κ3) is 4.25. The van der Waals surface area contributed by atoms with E-state index >= 15 is 0 Å². The number of quaternary nitrogens is 1. The smallest absolute Gasteiger partial charge is 0.180 e. The molecule has 3 nitrogen and oxygen atoms in total.